The van der Waals surface area contributed by atoms with E-state index in [4.69, 9.17) is 0 Å². The number of hydrogen-bond donors (Lipinski definition) is 0. The van der Waals surface area contributed by atoms with Crippen LogP contribution < -0.4 is 0 Å². The third-order valence-electron chi connectivity index (χ3n) is 0.627. The lowest BCUT2D eigenvalue weighted by Gasteiger charge is -1.97. The Labute approximate surface area is 64.0 Å². The van der Waals surface area contributed by atoms with E-state index in [0.717, 1.165) is 0 Å². The minimum Gasteiger partial charge on any atom is -0.461 e. The van der Waals surface area contributed by atoms with Gasteiger partial charge in [0.1, 0.15) is 0 Å². The van der Waals surface area contributed by atoms with Gasteiger partial charge in [0.05, 0.1) is 6.61 Å². The van der Waals surface area contributed by atoms with Crippen LogP contribution in [-0.2, 0) is 9.53 Å². The molecule has 4 heteroatoms. The number of esters is 1. The van der Waals surface area contributed by atoms with E-state index in [9.17, 15) is 4.79 Å². The van der Waals surface area contributed by atoms with E-state index in [1.54, 1.807) is 13.2 Å². The molecule has 0 aromatic carbocycles. The summed E-state index contributed by atoms with van der Waals surface area (Å²) in [6, 6.07) is 0. The smallest absolute Gasteiger partial charge is 0.355 e. The average Bonchev–Trinajstić information content (AvgIpc) is 1.87. The van der Waals surface area contributed by atoms with Gasteiger partial charge in [0, 0.05) is 0 Å². The van der Waals surface area contributed by atoms with Gasteiger partial charge >= 0.3 is 5.97 Å². The minimum atomic E-state index is -0.389. The van der Waals surface area contributed by atoms with Crippen LogP contribution in [0.3, 0.4) is 0 Å². The fraction of sp³-hybridized carbons (Fsp3) is 0.600. The van der Waals surface area contributed by atoms with Crippen molar-refractivity contribution < 1.29 is 9.53 Å². The summed E-state index contributed by atoms with van der Waals surface area (Å²) in [6.45, 7) is 2.14. The van der Waals surface area contributed by atoms with E-state index < -0.39 is 0 Å². The number of thiocarbonyl (C=S) groups is 1. The highest BCUT2D eigenvalue weighted by atomic mass is 32.2. The normalized spacial score (nSPS) is 8.67. The van der Waals surface area contributed by atoms with E-state index in [-0.39, 0.29) is 10.2 Å². The van der Waals surface area contributed by atoms with Crippen LogP contribution in [-0.4, -0.2) is 23.0 Å². The maximum absolute atomic E-state index is 10.6. The second-order valence-corrected chi connectivity index (χ2v) is 2.70. The SMILES string of the molecule is CCOC(=O)C(=S)SC. The Morgan fingerprint density at radius 3 is 2.67 bits per heavy atom. The zero-order valence-corrected chi connectivity index (χ0v) is 6.97. The quantitative estimate of drug-likeness (QED) is 0.430. The van der Waals surface area contributed by atoms with Crippen LogP contribution in [0.2, 0.25) is 0 Å². The number of thioether (sulfide) groups is 1. The molecule has 0 unspecified atom stereocenters. The zero-order valence-electron chi connectivity index (χ0n) is 5.34. The molecule has 52 valence electrons. The van der Waals surface area contributed by atoms with Crippen molar-refractivity contribution in [3.05, 3.63) is 0 Å². The Bertz CT molecular complexity index is 122. The fourth-order valence-corrected chi connectivity index (χ4v) is 0.558. The summed E-state index contributed by atoms with van der Waals surface area (Å²) in [5.41, 5.74) is 0. The molecule has 0 bridgehead atoms. The molecule has 0 saturated carbocycles. The molecule has 0 atom stereocenters. The van der Waals surface area contributed by atoms with Crippen LogP contribution in [0.25, 0.3) is 0 Å². The van der Waals surface area contributed by atoms with Crippen molar-refractivity contribution in [2.24, 2.45) is 0 Å². The van der Waals surface area contributed by atoms with Gasteiger partial charge in [0.15, 0.2) is 4.20 Å². The molecule has 0 saturated heterocycles. The lowest BCUT2D eigenvalue weighted by Crippen LogP contribution is -2.11. The van der Waals surface area contributed by atoms with Crippen LogP contribution in [0.5, 0.6) is 0 Å². The highest BCUT2D eigenvalue weighted by Crippen LogP contribution is 1.99. The predicted molar refractivity (Wildman–Crippen MR) is 42.7 cm³/mol. The van der Waals surface area contributed by atoms with Crippen LogP contribution in [0, 0.1) is 0 Å². The third-order valence-corrected chi connectivity index (χ3v) is 1.83. The van der Waals surface area contributed by atoms with Gasteiger partial charge in [0.2, 0.25) is 0 Å². The Kier molecular flexibility index (Phi) is 4.71. The van der Waals surface area contributed by atoms with Crippen LogP contribution in [0.4, 0.5) is 0 Å². The van der Waals surface area contributed by atoms with Crippen molar-refractivity contribution in [1.29, 1.82) is 0 Å². The molecule has 0 aliphatic carbocycles. The number of carbonyl (C=O) groups excluding carboxylic acids is 1. The van der Waals surface area contributed by atoms with Crippen molar-refractivity contribution in [3.63, 3.8) is 0 Å². The van der Waals surface area contributed by atoms with E-state index in [1.165, 1.54) is 11.8 Å². The molecule has 0 aliphatic rings. The van der Waals surface area contributed by atoms with Crippen LogP contribution in [0.15, 0.2) is 0 Å². The van der Waals surface area contributed by atoms with Crippen molar-refractivity contribution >= 4 is 34.1 Å². The zero-order chi connectivity index (χ0) is 7.28. The second kappa shape index (κ2) is 4.76. The summed E-state index contributed by atoms with van der Waals surface area (Å²) in [5.74, 6) is -0.389. The number of rotatable bonds is 1. The van der Waals surface area contributed by atoms with Gasteiger partial charge in [-0.15, -0.1) is 11.8 Å². The number of hydrogen-bond acceptors (Lipinski definition) is 4. The maximum Gasteiger partial charge on any atom is 0.355 e. The summed E-state index contributed by atoms with van der Waals surface area (Å²) in [7, 11) is 0. The second-order valence-electron chi connectivity index (χ2n) is 1.21. The molecule has 0 aromatic heterocycles. The molecule has 0 fully saturated rings. The van der Waals surface area contributed by atoms with Crippen LogP contribution in [0.1, 0.15) is 6.92 Å². The number of carbonyl (C=O) groups is 1. The predicted octanol–water partition coefficient (Wildman–Crippen LogP) is 1.24. The summed E-state index contributed by atoms with van der Waals surface area (Å²) < 4.78 is 4.88. The van der Waals surface area contributed by atoms with Gasteiger partial charge in [-0.2, -0.15) is 0 Å². The first-order chi connectivity index (χ1) is 4.22. The van der Waals surface area contributed by atoms with E-state index in [0.29, 0.717) is 6.61 Å². The Balaban J connectivity index is 3.60. The fourth-order valence-electron chi connectivity index (χ4n) is 0.273. The lowest BCUT2D eigenvalue weighted by molar-refractivity contribution is -0.134. The Morgan fingerprint density at radius 2 is 2.33 bits per heavy atom. The van der Waals surface area contributed by atoms with Gasteiger partial charge in [0.25, 0.3) is 0 Å². The van der Waals surface area contributed by atoms with Crippen molar-refractivity contribution in [1.82, 2.24) is 0 Å². The molecule has 0 N–H and O–H groups in total. The molecular formula is C5H8O2S2. The Morgan fingerprint density at radius 1 is 1.78 bits per heavy atom. The molecule has 0 aliphatic heterocycles. The van der Waals surface area contributed by atoms with Gasteiger partial charge in [-0.05, 0) is 13.2 Å². The molecular weight excluding hydrogens is 156 g/mol. The highest BCUT2D eigenvalue weighted by molar-refractivity contribution is 8.24. The summed E-state index contributed by atoms with van der Waals surface area (Å²) in [4.78, 5) is 10.6. The maximum atomic E-state index is 10.6. The topological polar surface area (TPSA) is 26.3 Å². The van der Waals surface area contributed by atoms with Crippen molar-refractivity contribution in [2.75, 3.05) is 12.9 Å². The molecule has 9 heavy (non-hydrogen) atoms. The highest BCUT2D eigenvalue weighted by Gasteiger charge is 2.06. The third kappa shape index (κ3) is 3.48. The minimum absolute atomic E-state index is 0.289. The van der Waals surface area contributed by atoms with Gasteiger partial charge in [-0.3, -0.25) is 0 Å². The molecule has 0 amide bonds. The van der Waals surface area contributed by atoms with E-state index in [2.05, 4.69) is 17.0 Å². The largest absolute Gasteiger partial charge is 0.461 e. The molecule has 2 nitrogen and oxygen atoms in total. The summed E-state index contributed by atoms with van der Waals surface area (Å²) >= 11 is 5.86. The monoisotopic (exact) mass is 164 g/mol. The first-order valence-corrected chi connectivity index (χ1v) is 4.10. The average molecular weight is 164 g/mol. The van der Waals surface area contributed by atoms with Gasteiger partial charge in [-0.25, -0.2) is 4.79 Å². The van der Waals surface area contributed by atoms with Gasteiger partial charge in [-0.1, -0.05) is 12.2 Å². The van der Waals surface area contributed by atoms with E-state index in [1.807, 2.05) is 0 Å². The first-order valence-electron chi connectivity index (χ1n) is 2.47. The molecule has 0 aromatic rings. The standard InChI is InChI=1S/C5H8O2S2/c1-3-7-4(6)5(8)9-2/h3H2,1-2H3. The van der Waals surface area contributed by atoms with Gasteiger partial charge < -0.3 is 4.74 Å². The van der Waals surface area contributed by atoms with Crippen molar-refractivity contribution in [3.8, 4) is 0 Å². The molecule has 0 radical (unpaired) electrons. The molecule has 0 spiro atoms. The molecule has 0 rings (SSSR count). The lowest BCUT2D eigenvalue weighted by atomic mass is 10.8. The molecule has 0 heterocycles. The summed E-state index contributed by atoms with van der Waals surface area (Å²) in [6.07, 6.45) is 1.75. The Hall–Kier alpha value is -0.0900. The first kappa shape index (κ1) is 8.91. The number of ether oxygens (including phenoxy) is 1. The van der Waals surface area contributed by atoms with Crippen molar-refractivity contribution in [2.45, 2.75) is 6.92 Å². The summed E-state index contributed by atoms with van der Waals surface area (Å²) in [5, 5.41) is 0. The van der Waals surface area contributed by atoms with E-state index >= 15 is 0 Å². The van der Waals surface area contributed by atoms with Crippen LogP contribution >= 0.6 is 24.0 Å².